The van der Waals surface area contributed by atoms with Gasteiger partial charge >= 0.3 is 5.97 Å². The normalized spacial score (nSPS) is 11.7. The van der Waals surface area contributed by atoms with Crippen molar-refractivity contribution in [2.24, 2.45) is 0 Å². The van der Waals surface area contributed by atoms with E-state index in [1.54, 1.807) is 6.92 Å². The SMILES string of the molecule is CCCCC(NC(=O)c1ccc(C)c([N+](=O)[O-])c1)C(=O)O. The van der Waals surface area contributed by atoms with Gasteiger partial charge in [0.05, 0.1) is 4.92 Å². The predicted octanol–water partition coefficient (Wildman–Crippen LogP) is 2.28. The first-order valence-electron chi connectivity index (χ1n) is 6.65. The number of aliphatic carboxylic acids is 1. The lowest BCUT2D eigenvalue weighted by molar-refractivity contribution is -0.385. The quantitative estimate of drug-likeness (QED) is 0.592. The number of nitro benzene ring substituents is 1. The number of carboxylic acids is 1. The third-order valence-corrected chi connectivity index (χ3v) is 3.12. The highest BCUT2D eigenvalue weighted by Gasteiger charge is 2.21. The number of nitrogens with one attached hydrogen (secondary N) is 1. The topological polar surface area (TPSA) is 110 Å². The van der Waals surface area contributed by atoms with Gasteiger partial charge in [-0.15, -0.1) is 0 Å². The van der Waals surface area contributed by atoms with Crippen LogP contribution >= 0.6 is 0 Å². The van der Waals surface area contributed by atoms with Gasteiger partial charge < -0.3 is 10.4 Å². The Kier molecular flexibility index (Phi) is 5.83. The molecule has 0 saturated carbocycles. The smallest absolute Gasteiger partial charge is 0.326 e. The largest absolute Gasteiger partial charge is 0.480 e. The van der Waals surface area contributed by atoms with Crippen LogP contribution in [0.15, 0.2) is 18.2 Å². The number of hydrogen-bond acceptors (Lipinski definition) is 4. The fourth-order valence-corrected chi connectivity index (χ4v) is 1.85. The molecule has 1 unspecified atom stereocenters. The van der Waals surface area contributed by atoms with Crippen molar-refractivity contribution < 1.29 is 19.6 Å². The third-order valence-electron chi connectivity index (χ3n) is 3.12. The van der Waals surface area contributed by atoms with Gasteiger partial charge in [0.15, 0.2) is 0 Å². The fourth-order valence-electron chi connectivity index (χ4n) is 1.85. The minimum absolute atomic E-state index is 0.0787. The molecule has 0 saturated heterocycles. The molecule has 0 radical (unpaired) electrons. The summed E-state index contributed by atoms with van der Waals surface area (Å²) in [6.45, 7) is 3.49. The highest BCUT2D eigenvalue weighted by Crippen LogP contribution is 2.19. The van der Waals surface area contributed by atoms with Crippen molar-refractivity contribution in [1.29, 1.82) is 0 Å². The molecule has 0 aliphatic rings. The maximum atomic E-state index is 12.0. The van der Waals surface area contributed by atoms with E-state index in [0.29, 0.717) is 18.4 Å². The highest BCUT2D eigenvalue weighted by molar-refractivity contribution is 5.97. The summed E-state index contributed by atoms with van der Waals surface area (Å²) >= 11 is 0. The van der Waals surface area contributed by atoms with E-state index in [2.05, 4.69) is 5.32 Å². The van der Waals surface area contributed by atoms with Crippen LogP contribution in [0, 0.1) is 17.0 Å². The number of carbonyl (C=O) groups is 2. The van der Waals surface area contributed by atoms with Crippen LogP contribution < -0.4 is 5.32 Å². The van der Waals surface area contributed by atoms with Crippen molar-refractivity contribution in [2.75, 3.05) is 0 Å². The maximum Gasteiger partial charge on any atom is 0.326 e. The summed E-state index contributed by atoms with van der Waals surface area (Å²) in [6, 6.07) is 3.08. The summed E-state index contributed by atoms with van der Waals surface area (Å²) in [5.41, 5.74) is 0.357. The number of rotatable bonds is 7. The molecular formula is C14H18N2O5. The molecule has 0 heterocycles. The van der Waals surface area contributed by atoms with Crippen molar-refractivity contribution in [3.05, 3.63) is 39.4 Å². The Bertz CT molecular complexity index is 556. The Labute approximate surface area is 122 Å². The molecule has 1 amide bonds. The van der Waals surface area contributed by atoms with Gasteiger partial charge in [0.1, 0.15) is 6.04 Å². The zero-order chi connectivity index (χ0) is 16.0. The summed E-state index contributed by atoms with van der Waals surface area (Å²) in [5.74, 6) is -1.74. The average Bonchev–Trinajstić information content (AvgIpc) is 2.42. The van der Waals surface area contributed by atoms with Gasteiger partial charge in [0.2, 0.25) is 0 Å². The van der Waals surface area contributed by atoms with Crippen molar-refractivity contribution in [3.8, 4) is 0 Å². The van der Waals surface area contributed by atoms with Crippen molar-refractivity contribution >= 4 is 17.6 Å². The molecule has 1 atom stereocenters. The Morgan fingerprint density at radius 1 is 1.43 bits per heavy atom. The molecule has 0 aromatic heterocycles. The second-order valence-corrected chi connectivity index (χ2v) is 4.76. The standard InChI is InChI=1S/C14H18N2O5/c1-3-4-5-11(14(18)19)15-13(17)10-7-6-9(2)12(8-10)16(20)21/h6-8,11H,3-5H2,1-2H3,(H,15,17)(H,18,19). The zero-order valence-electron chi connectivity index (χ0n) is 12.0. The van der Waals surface area contributed by atoms with Crippen LogP contribution in [0.5, 0.6) is 0 Å². The number of benzene rings is 1. The van der Waals surface area contributed by atoms with Gasteiger partial charge in [0.25, 0.3) is 11.6 Å². The van der Waals surface area contributed by atoms with Crippen LogP contribution in [0.25, 0.3) is 0 Å². The number of unbranched alkanes of at least 4 members (excludes halogenated alkanes) is 1. The van der Waals surface area contributed by atoms with Gasteiger partial charge in [-0.05, 0) is 19.4 Å². The molecule has 2 N–H and O–H groups in total. The predicted molar refractivity (Wildman–Crippen MR) is 76.2 cm³/mol. The zero-order valence-corrected chi connectivity index (χ0v) is 12.0. The molecular weight excluding hydrogens is 276 g/mol. The molecule has 0 bridgehead atoms. The van der Waals surface area contributed by atoms with E-state index < -0.39 is 22.8 Å². The molecule has 7 nitrogen and oxygen atoms in total. The van der Waals surface area contributed by atoms with Crippen LogP contribution in [0.2, 0.25) is 0 Å². The van der Waals surface area contributed by atoms with E-state index in [-0.39, 0.29) is 11.3 Å². The Morgan fingerprint density at radius 3 is 2.62 bits per heavy atom. The number of nitro groups is 1. The summed E-state index contributed by atoms with van der Waals surface area (Å²) in [4.78, 5) is 33.4. The molecule has 7 heteroatoms. The summed E-state index contributed by atoms with van der Waals surface area (Å²) in [7, 11) is 0. The molecule has 114 valence electrons. The Hall–Kier alpha value is -2.44. The second-order valence-electron chi connectivity index (χ2n) is 4.76. The number of aryl methyl sites for hydroxylation is 1. The van der Waals surface area contributed by atoms with Crippen molar-refractivity contribution in [1.82, 2.24) is 5.32 Å². The van der Waals surface area contributed by atoms with Crippen LogP contribution in [-0.2, 0) is 4.79 Å². The molecule has 0 spiro atoms. The molecule has 1 rings (SSSR count). The average molecular weight is 294 g/mol. The summed E-state index contributed by atoms with van der Waals surface area (Å²) in [5, 5.41) is 22.3. The summed E-state index contributed by atoms with van der Waals surface area (Å²) < 4.78 is 0. The Balaban J connectivity index is 2.90. The number of carbonyl (C=O) groups excluding carboxylic acids is 1. The number of amides is 1. The maximum absolute atomic E-state index is 12.0. The van der Waals surface area contributed by atoms with Gasteiger partial charge in [-0.2, -0.15) is 0 Å². The van der Waals surface area contributed by atoms with Crippen LogP contribution in [-0.4, -0.2) is 27.9 Å². The lowest BCUT2D eigenvalue weighted by Crippen LogP contribution is -2.40. The lowest BCUT2D eigenvalue weighted by atomic mass is 10.1. The summed E-state index contributed by atoms with van der Waals surface area (Å²) in [6.07, 6.45) is 1.81. The van der Waals surface area contributed by atoms with E-state index in [1.807, 2.05) is 6.92 Å². The van der Waals surface area contributed by atoms with Gasteiger partial charge in [0, 0.05) is 17.2 Å². The van der Waals surface area contributed by atoms with Gasteiger partial charge in [-0.25, -0.2) is 4.79 Å². The number of nitrogens with zero attached hydrogens (tertiary/aromatic N) is 1. The monoisotopic (exact) mass is 294 g/mol. The number of hydrogen-bond donors (Lipinski definition) is 2. The minimum atomic E-state index is -1.11. The van der Waals surface area contributed by atoms with Crippen molar-refractivity contribution in [2.45, 2.75) is 39.2 Å². The highest BCUT2D eigenvalue weighted by atomic mass is 16.6. The minimum Gasteiger partial charge on any atom is -0.480 e. The second kappa shape index (κ2) is 7.37. The molecule has 1 aromatic rings. The van der Waals surface area contributed by atoms with Crippen LogP contribution in [0.4, 0.5) is 5.69 Å². The molecule has 1 aromatic carbocycles. The fraction of sp³-hybridized carbons (Fsp3) is 0.429. The lowest BCUT2D eigenvalue weighted by Gasteiger charge is -2.14. The molecule has 0 aliphatic carbocycles. The van der Waals surface area contributed by atoms with Gasteiger partial charge in [-0.1, -0.05) is 25.8 Å². The van der Waals surface area contributed by atoms with Crippen LogP contribution in [0.3, 0.4) is 0 Å². The molecule has 0 fully saturated rings. The van der Waals surface area contributed by atoms with E-state index in [9.17, 15) is 19.7 Å². The van der Waals surface area contributed by atoms with E-state index in [4.69, 9.17) is 5.11 Å². The third kappa shape index (κ3) is 4.55. The van der Waals surface area contributed by atoms with E-state index in [1.165, 1.54) is 12.1 Å². The first-order chi connectivity index (χ1) is 9.86. The molecule has 21 heavy (non-hydrogen) atoms. The van der Waals surface area contributed by atoms with Crippen LogP contribution in [0.1, 0.15) is 42.1 Å². The first kappa shape index (κ1) is 16.6. The number of carboxylic acid groups (broad SMARTS) is 1. The Morgan fingerprint density at radius 2 is 2.10 bits per heavy atom. The molecule has 0 aliphatic heterocycles. The first-order valence-corrected chi connectivity index (χ1v) is 6.65. The van der Waals surface area contributed by atoms with E-state index in [0.717, 1.165) is 12.5 Å². The van der Waals surface area contributed by atoms with Crippen molar-refractivity contribution in [3.63, 3.8) is 0 Å². The van der Waals surface area contributed by atoms with Gasteiger partial charge in [-0.3, -0.25) is 14.9 Å². The van der Waals surface area contributed by atoms with E-state index >= 15 is 0 Å².